The number of carbonyl (C=O) groups is 1. The lowest BCUT2D eigenvalue weighted by Gasteiger charge is -2.41. The van der Waals surface area contributed by atoms with Crippen LogP contribution in [0.4, 0.5) is 14.5 Å². The van der Waals surface area contributed by atoms with E-state index in [-0.39, 0.29) is 11.6 Å². The first kappa shape index (κ1) is 21.5. The fourth-order valence-corrected chi connectivity index (χ4v) is 4.79. The highest BCUT2D eigenvalue weighted by Crippen LogP contribution is 2.32. The molecule has 1 fully saturated rings. The Morgan fingerprint density at radius 2 is 1.82 bits per heavy atom. The van der Waals surface area contributed by atoms with Crippen LogP contribution in [0.1, 0.15) is 41.1 Å². The van der Waals surface area contributed by atoms with Gasteiger partial charge in [0.2, 0.25) is 5.91 Å². The predicted octanol–water partition coefficient (Wildman–Crippen LogP) is 5.07. The van der Waals surface area contributed by atoms with Crippen molar-refractivity contribution < 1.29 is 13.6 Å². The SMILES string of the molecule is Cc1cc(C)c2c(n1)CN(C(=O)CC1CN(c3ccc(-c4ccnc(C(F)F)c4)cc3)C1)C2. The number of aromatic nitrogens is 2. The number of amides is 1. The van der Waals surface area contributed by atoms with Crippen molar-refractivity contribution in [3.63, 3.8) is 0 Å². The second-order valence-corrected chi connectivity index (χ2v) is 9.05. The lowest BCUT2D eigenvalue weighted by atomic mass is 9.94. The first-order valence-electron chi connectivity index (χ1n) is 11.2. The smallest absolute Gasteiger partial charge is 0.280 e. The molecule has 1 saturated heterocycles. The number of halogens is 2. The standard InChI is InChI=1S/C26H26F2N4O/c1-16-9-17(2)30-24-15-32(14-22(16)24)25(33)10-18-12-31(13-18)21-5-3-19(4-6-21)20-7-8-29-23(11-20)26(27)28/h3-9,11,18,26H,10,12-15H2,1-2H3. The number of nitrogens with zero attached hydrogens (tertiary/aromatic N) is 4. The van der Waals surface area contributed by atoms with E-state index in [9.17, 15) is 13.6 Å². The molecule has 0 bridgehead atoms. The lowest BCUT2D eigenvalue weighted by Crippen LogP contribution is -2.48. The third-order valence-electron chi connectivity index (χ3n) is 6.59. The van der Waals surface area contributed by atoms with E-state index in [0.29, 0.717) is 25.4 Å². The zero-order chi connectivity index (χ0) is 23.1. The molecule has 3 aromatic rings. The van der Waals surface area contributed by atoms with Gasteiger partial charge < -0.3 is 9.80 Å². The number of rotatable bonds is 5. The topological polar surface area (TPSA) is 49.3 Å². The molecule has 0 atom stereocenters. The number of anilines is 1. The van der Waals surface area contributed by atoms with E-state index in [1.165, 1.54) is 23.4 Å². The van der Waals surface area contributed by atoms with E-state index in [1.807, 2.05) is 36.1 Å². The first-order chi connectivity index (χ1) is 15.9. The van der Waals surface area contributed by atoms with E-state index in [2.05, 4.69) is 27.9 Å². The fraction of sp³-hybridized carbons (Fsp3) is 0.346. The van der Waals surface area contributed by atoms with Crippen molar-refractivity contribution in [1.29, 1.82) is 0 Å². The highest BCUT2D eigenvalue weighted by Gasteiger charge is 2.32. The van der Waals surface area contributed by atoms with Gasteiger partial charge in [0.05, 0.1) is 12.2 Å². The van der Waals surface area contributed by atoms with Gasteiger partial charge in [0.1, 0.15) is 5.69 Å². The highest BCUT2D eigenvalue weighted by molar-refractivity contribution is 5.78. The second kappa shape index (κ2) is 8.54. The summed E-state index contributed by atoms with van der Waals surface area (Å²) in [5.74, 6) is 0.531. The van der Waals surface area contributed by atoms with Crippen molar-refractivity contribution in [2.24, 2.45) is 5.92 Å². The van der Waals surface area contributed by atoms with Gasteiger partial charge in [0.25, 0.3) is 6.43 Å². The summed E-state index contributed by atoms with van der Waals surface area (Å²) < 4.78 is 25.8. The molecule has 2 aromatic heterocycles. The molecular weight excluding hydrogens is 422 g/mol. The zero-order valence-electron chi connectivity index (χ0n) is 18.8. The summed E-state index contributed by atoms with van der Waals surface area (Å²) in [6.07, 6.45) is -0.614. The fourth-order valence-electron chi connectivity index (χ4n) is 4.79. The molecule has 0 radical (unpaired) electrons. The minimum absolute atomic E-state index is 0.192. The lowest BCUT2D eigenvalue weighted by molar-refractivity contribution is -0.133. The first-order valence-corrected chi connectivity index (χ1v) is 11.2. The van der Waals surface area contributed by atoms with E-state index in [1.54, 1.807) is 6.07 Å². The van der Waals surface area contributed by atoms with E-state index in [4.69, 9.17) is 0 Å². The van der Waals surface area contributed by atoms with Gasteiger partial charge in [0, 0.05) is 49.6 Å². The van der Waals surface area contributed by atoms with Crippen LogP contribution < -0.4 is 4.90 Å². The predicted molar refractivity (Wildman–Crippen MR) is 123 cm³/mol. The molecule has 0 unspecified atom stereocenters. The Bertz CT molecular complexity index is 1190. The number of alkyl halides is 2. The van der Waals surface area contributed by atoms with E-state index in [0.717, 1.165) is 41.3 Å². The van der Waals surface area contributed by atoms with E-state index >= 15 is 0 Å². The van der Waals surface area contributed by atoms with Crippen LogP contribution >= 0.6 is 0 Å². The van der Waals surface area contributed by atoms with Crippen LogP contribution in [0.5, 0.6) is 0 Å². The summed E-state index contributed by atoms with van der Waals surface area (Å²) in [7, 11) is 0. The maximum atomic E-state index is 12.9. The Morgan fingerprint density at radius 1 is 1.06 bits per heavy atom. The minimum atomic E-state index is -2.58. The number of pyridine rings is 2. The quantitative estimate of drug-likeness (QED) is 0.547. The molecule has 0 saturated carbocycles. The molecular formula is C26H26F2N4O. The van der Waals surface area contributed by atoms with Gasteiger partial charge in [-0.2, -0.15) is 0 Å². The van der Waals surface area contributed by atoms with Gasteiger partial charge >= 0.3 is 0 Å². The number of fused-ring (bicyclic) bond motifs is 1. The molecule has 5 rings (SSSR count). The zero-order valence-corrected chi connectivity index (χ0v) is 18.8. The van der Waals surface area contributed by atoms with Crippen LogP contribution in [0.15, 0.2) is 48.7 Å². The largest absolute Gasteiger partial charge is 0.371 e. The van der Waals surface area contributed by atoms with Gasteiger partial charge in [-0.3, -0.25) is 14.8 Å². The molecule has 4 heterocycles. The second-order valence-electron chi connectivity index (χ2n) is 9.05. The van der Waals surface area contributed by atoms with Gasteiger partial charge in [-0.05, 0) is 66.4 Å². The van der Waals surface area contributed by atoms with Crippen molar-refractivity contribution >= 4 is 11.6 Å². The summed E-state index contributed by atoms with van der Waals surface area (Å²) >= 11 is 0. The third kappa shape index (κ3) is 4.32. The van der Waals surface area contributed by atoms with E-state index < -0.39 is 6.43 Å². The normalized spacial score (nSPS) is 15.7. The Labute approximate surface area is 192 Å². The summed E-state index contributed by atoms with van der Waals surface area (Å²) in [6, 6.07) is 13.1. The highest BCUT2D eigenvalue weighted by atomic mass is 19.3. The van der Waals surface area contributed by atoms with Gasteiger partial charge in [-0.25, -0.2) is 8.78 Å². The Hall–Kier alpha value is -3.35. The third-order valence-corrected chi connectivity index (χ3v) is 6.59. The number of benzene rings is 1. The molecule has 0 spiro atoms. The van der Waals surface area contributed by atoms with Crippen molar-refractivity contribution in [1.82, 2.24) is 14.9 Å². The molecule has 2 aliphatic heterocycles. The summed E-state index contributed by atoms with van der Waals surface area (Å²) in [6.45, 7) is 7.03. The molecule has 170 valence electrons. The van der Waals surface area contributed by atoms with Gasteiger partial charge in [0.15, 0.2) is 0 Å². The van der Waals surface area contributed by atoms with Gasteiger partial charge in [-0.1, -0.05) is 12.1 Å². The summed E-state index contributed by atoms with van der Waals surface area (Å²) in [4.78, 5) is 25.3. The molecule has 1 aromatic carbocycles. The maximum Gasteiger partial charge on any atom is 0.280 e. The number of hydrogen-bond acceptors (Lipinski definition) is 4. The maximum absolute atomic E-state index is 12.9. The van der Waals surface area contributed by atoms with Crippen molar-refractivity contribution in [2.45, 2.75) is 39.8 Å². The van der Waals surface area contributed by atoms with Crippen LogP contribution in [-0.2, 0) is 17.9 Å². The molecule has 0 aliphatic carbocycles. The number of hydrogen-bond donors (Lipinski definition) is 0. The molecule has 0 N–H and O–H groups in total. The molecule has 33 heavy (non-hydrogen) atoms. The number of carbonyl (C=O) groups excluding carboxylic acids is 1. The Morgan fingerprint density at radius 3 is 2.55 bits per heavy atom. The minimum Gasteiger partial charge on any atom is -0.371 e. The Balaban J connectivity index is 1.16. The van der Waals surface area contributed by atoms with Gasteiger partial charge in [-0.15, -0.1) is 0 Å². The van der Waals surface area contributed by atoms with Crippen molar-refractivity contribution in [2.75, 3.05) is 18.0 Å². The van der Waals surface area contributed by atoms with Crippen LogP contribution in [-0.4, -0.2) is 33.9 Å². The average Bonchev–Trinajstić information content (AvgIpc) is 3.21. The van der Waals surface area contributed by atoms with Crippen molar-refractivity contribution in [3.8, 4) is 11.1 Å². The van der Waals surface area contributed by atoms with Crippen LogP contribution in [0.25, 0.3) is 11.1 Å². The molecule has 1 amide bonds. The Kier molecular flexibility index (Phi) is 5.56. The average molecular weight is 449 g/mol. The molecule has 5 nitrogen and oxygen atoms in total. The van der Waals surface area contributed by atoms with Crippen LogP contribution in [0, 0.1) is 19.8 Å². The molecule has 7 heteroatoms. The van der Waals surface area contributed by atoms with Crippen LogP contribution in [0.3, 0.4) is 0 Å². The van der Waals surface area contributed by atoms with Crippen LogP contribution in [0.2, 0.25) is 0 Å². The monoisotopic (exact) mass is 448 g/mol. The molecule has 2 aliphatic rings. The number of aryl methyl sites for hydroxylation is 2. The van der Waals surface area contributed by atoms with Crippen molar-refractivity contribution in [3.05, 3.63) is 76.9 Å². The summed E-state index contributed by atoms with van der Waals surface area (Å²) in [5.41, 5.74) is 6.91. The summed E-state index contributed by atoms with van der Waals surface area (Å²) in [5, 5.41) is 0.